The highest BCUT2D eigenvalue weighted by Gasteiger charge is 2.03. The van der Waals surface area contributed by atoms with E-state index < -0.39 is 0 Å². The summed E-state index contributed by atoms with van der Waals surface area (Å²) in [6.45, 7) is 0. The van der Waals surface area contributed by atoms with Gasteiger partial charge in [0.25, 0.3) is 0 Å². The molecule has 0 bridgehead atoms. The first-order chi connectivity index (χ1) is 15.7. The molecular weight excluding hydrogens is 396 g/mol. The minimum atomic E-state index is 0.828. The lowest BCUT2D eigenvalue weighted by Gasteiger charge is -2.04. The lowest BCUT2D eigenvalue weighted by atomic mass is 10.1. The van der Waals surface area contributed by atoms with Crippen molar-refractivity contribution in [3.63, 3.8) is 0 Å². The topological polar surface area (TPSA) is 44.2 Å². The Morgan fingerprint density at radius 3 is 1.34 bits per heavy atom. The summed E-state index contributed by atoms with van der Waals surface area (Å²) in [5.41, 5.74) is 5.91. The van der Waals surface area contributed by atoms with Crippen molar-refractivity contribution in [3.05, 3.63) is 107 Å². The standard InChI is InChI=1S/C28H24N2O2/c1-31-25-7-3-5-21(17-25)9-11-23-13-15-29-27(19-23)28-20-24(14-16-30-28)12-10-22-6-4-8-26(18-22)32-2/h3-20H,1-2H3. The van der Waals surface area contributed by atoms with Gasteiger partial charge in [-0.3, -0.25) is 9.97 Å². The molecule has 0 spiro atoms. The average Bonchev–Trinajstić information content (AvgIpc) is 2.87. The molecule has 0 amide bonds. The van der Waals surface area contributed by atoms with Crippen LogP contribution >= 0.6 is 0 Å². The van der Waals surface area contributed by atoms with Gasteiger partial charge < -0.3 is 9.47 Å². The molecular formula is C28H24N2O2. The second-order valence-electron chi connectivity index (χ2n) is 7.17. The Balaban J connectivity index is 1.54. The third kappa shape index (κ3) is 5.49. The van der Waals surface area contributed by atoms with Gasteiger partial charge in [0.15, 0.2) is 0 Å². The summed E-state index contributed by atoms with van der Waals surface area (Å²) in [6.07, 6.45) is 11.9. The highest BCUT2D eigenvalue weighted by Crippen LogP contribution is 2.21. The van der Waals surface area contributed by atoms with Crippen LogP contribution in [-0.4, -0.2) is 24.2 Å². The Morgan fingerprint density at radius 1 is 0.531 bits per heavy atom. The molecule has 0 unspecified atom stereocenters. The maximum atomic E-state index is 5.29. The van der Waals surface area contributed by atoms with Crippen molar-refractivity contribution in [1.82, 2.24) is 9.97 Å². The van der Waals surface area contributed by atoms with E-state index in [1.54, 1.807) is 26.6 Å². The van der Waals surface area contributed by atoms with Gasteiger partial charge in [-0.05, 0) is 70.8 Å². The summed E-state index contributed by atoms with van der Waals surface area (Å²) in [7, 11) is 3.34. The van der Waals surface area contributed by atoms with Crippen molar-refractivity contribution in [2.75, 3.05) is 14.2 Å². The number of rotatable bonds is 7. The summed E-state index contributed by atoms with van der Waals surface area (Å²) >= 11 is 0. The molecule has 0 aliphatic carbocycles. The number of aromatic nitrogens is 2. The second-order valence-corrected chi connectivity index (χ2v) is 7.17. The highest BCUT2D eigenvalue weighted by molar-refractivity contribution is 5.74. The highest BCUT2D eigenvalue weighted by atomic mass is 16.5. The van der Waals surface area contributed by atoms with Gasteiger partial charge in [-0.1, -0.05) is 48.6 Å². The van der Waals surface area contributed by atoms with Crippen LogP contribution in [0.15, 0.2) is 85.2 Å². The number of hydrogen-bond acceptors (Lipinski definition) is 4. The summed E-state index contributed by atoms with van der Waals surface area (Å²) in [5, 5.41) is 0. The number of hydrogen-bond donors (Lipinski definition) is 0. The Bertz CT molecular complexity index is 1160. The summed E-state index contributed by atoms with van der Waals surface area (Å²) in [4.78, 5) is 9.03. The van der Waals surface area contributed by atoms with Crippen LogP contribution in [-0.2, 0) is 0 Å². The third-order valence-electron chi connectivity index (χ3n) is 4.95. The number of pyridine rings is 2. The van der Waals surface area contributed by atoms with Crippen LogP contribution in [0.25, 0.3) is 35.7 Å². The van der Waals surface area contributed by atoms with E-state index in [1.165, 1.54) is 0 Å². The van der Waals surface area contributed by atoms with Crippen LogP contribution in [0.2, 0.25) is 0 Å². The first-order valence-electron chi connectivity index (χ1n) is 10.3. The van der Waals surface area contributed by atoms with Crippen molar-refractivity contribution < 1.29 is 9.47 Å². The maximum Gasteiger partial charge on any atom is 0.119 e. The van der Waals surface area contributed by atoms with E-state index in [0.717, 1.165) is 45.1 Å². The molecule has 0 radical (unpaired) electrons. The normalized spacial score (nSPS) is 11.2. The van der Waals surface area contributed by atoms with E-state index in [0.29, 0.717) is 0 Å². The SMILES string of the molecule is COc1cccc(C=Cc2ccnc(-c3cc(C=Cc4cccc(OC)c4)ccn3)c2)c1. The largest absolute Gasteiger partial charge is 0.497 e. The smallest absolute Gasteiger partial charge is 0.119 e. The Hall–Kier alpha value is -4.18. The molecule has 0 saturated heterocycles. The van der Waals surface area contributed by atoms with E-state index >= 15 is 0 Å². The van der Waals surface area contributed by atoms with Gasteiger partial charge in [-0.25, -0.2) is 0 Å². The first kappa shape index (κ1) is 21.1. The van der Waals surface area contributed by atoms with Crippen LogP contribution in [0, 0.1) is 0 Å². The number of nitrogens with zero attached hydrogens (tertiary/aromatic N) is 2. The van der Waals surface area contributed by atoms with E-state index in [4.69, 9.17) is 9.47 Å². The molecule has 4 nitrogen and oxygen atoms in total. The van der Waals surface area contributed by atoms with Crippen molar-refractivity contribution in [2.24, 2.45) is 0 Å². The first-order valence-corrected chi connectivity index (χ1v) is 10.3. The molecule has 0 atom stereocenters. The summed E-state index contributed by atoms with van der Waals surface area (Å²) in [5.74, 6) is 1.68. The zero-order valence-corrected chi connectivity index (χ0v) is 18.1. The molecule has 158 valence electrons. The number of benzene rings is 2. The quantitative estimate of drug-likeness (QED) is 0.342. The molecule has 0 aliphatic heterocycles. The minimum absolute atomic E-state index is 0.828. The Morgan fingerprint density at radius 2 is 0.938 bits per heavy atom. The Labute approximate surface area is 188 Å². The zero-order valence-electron chi connectivity index (χ0n) is 18.1. The second kappa shape index (κ2) is 10.2. The molecule has 2 aromatic carbocycles. The van der Waals surface area contributed by atoms with Gasteiger partial charge in [-0.15, -0.1) is 0 Å². The molecule has 2 heterocycles. The van der Waals surface area contributed by atoms with Gasteiger partial charge in [0.05, 0.1) is 25.6 Å². The Kier molecular flexibility index (Phi) is 6.73. The lowest BCUT2D eigenvalue weighted by Crippen LogP contribution is -1.89. The fourth-order valence-corrected chi connectivity index (χ4v) is 3.26. The number of methoxy groups -OCH3 is 2. The summed E-state index contributed by atoms with van der Waals surface area (Å²) in [6, 6.07) is 23.9. The molecule has 32 heavy (non-hydrogen) atoms. The fourth-order valence-electron chi connectivity index (χ4n) is 3.26. The average molecular weight is 421 g/mol. The molecule has 0 N–H and O–H groups in total. The van der Waals surface area contributed by atoms with E-state index in [2.05, 4.69) is 34.3 Å². The molecule has 4 aromatic rings. The van der Waals surface area contributed by atoms with Crippen LogP contribution in [0.5, 0.6) is 11.5 Å². The van der Waals surface area contributed by atoms with Crippen LogP contribution in [0.1, 0.15) is 22.3 Å². The van der Waals surface area contributed by atoms with Crippen molar-refractivity contribution in [1.29, 1.82) is 0 Å². The fraction of sp³-hybridized carbons (Fsp3) is 0.0714. The van der Waals surface area contributed by atoms with Gasteiger partial charge in [0.2, 0.25) is 0 Å². The molecule has 2 aromatic heterocycles. The van der Waals surface area contributed by atoms with Crippen molar-refractivity contribution in [3.8, 4) is 22.9 Å². The third-order valence-corrected chi connectivity index (χ3v) is 4.95. The predicted octanol–water partition coefficient (Wildman–Crippen LogP) is 6.50. The van der Waals surface area contributed by atoms with E-state index in [1.807, 2.05) is 72.8 Å². The van der Waals surface area contributed by atoms with Crippen LogP contribution in [0.4, 0.5) is 0 Å². The van der Waals surface area contributed by atoms with Gasteiger partial charge in [0.1, 0.15) is 11.5 Å². The van der Waals surface area contributed by atoms with Crippen LogP contribution < -0.4 is 9.47 Å². The van der Waals surface area contributed by atoms with E-state index in [9.17, 15) is 0 Å². The van der Waals surface area contributed by atoms with Gasteiger partial charge >= 0.3 is 0 Å². The van der Waals surface area contributed by atoms with E-state index in [-0.39, 0.29) is 0 Å². The molecule has 0 saturated carbocycles. The van der Waals surface area contributed by atoms with Crippen LogP contribution in [0.3, 0.4) is 0 Å². The predicted molar refractivity (Wildman–Crippen MR) is 131 cm³/mol. The summed E-state index contributed by atoms with van der Waals surface area (Å²) < 4.78 is 10.6. The molecule has 0 aliphatic rings. The minimum Gasteiger partial charge on any atom is -0.497 e. The van der Waals surface area contributed by atoms with Crippen molar-refractivity contribution in [2.45, 2.75) is 0 Å². The molecule has 0 fully saturated rings. The number of ether oxygens (including phenoxy) is 2. The van der Waals surface area contributed by atoms with Gasteiger partial charge in [-0.2, -0.15) is 0 Å². The zero-order chi connectivity index (χ0) is 22.2. The van der Waals surface area contributed by atoms with Gasteiger partial charge in [0, 0.05) is 12.4 Å². The molecule has 4 rings (SSSR count). The monoisotopic (exact) mass is 420 g/mol. The lowest BCUT2D eigenvalue weighted by molar-refractivity contribution is 0.414. The van der Waals surface area contributed by atoms with Crippen molar-refractivity contribution >= 4 is 24.3 Å². The molecule has 4 heteroatoms. The maximum absolute atomic E-state index is 5.29.